The first-order valence-corrected chi connectivity index (χ1v) is 6.41. The Morgan fingerprint density at radius 3 is 2.50 bits per heavy atom. The molecule has 4 heteroatoms. The Bertz CT molecular complexity index is 294. The average molecular weight is 241 g/mol. The lowest BCUT2D eigenvalue weighted by Gasteiger charge is -2.20. The normalized spacial score (nSPS) is 16.8. The first-order valence-electron chi connectivity index (χ1n) is 5.36. The maximum Gasteiger partial charge on any atom is 0.0861 e. The molecule has 0 saturated carbocycles. The monoisotopic (exact) mass is 241 g/mol. The van der Waals surface area contributed by atoms with Crippen LogP contribution in [0, 0.1) is 0 Å². The van der Waals surface area contributed by atoms with Gasteiger partial charge in [-0.25, -0.2) is 0 Å². The van der Waals surface area contributed by atoms with E-state index in [9.17, 15) is 5.11 Å². The number of benzene rings is 1. The fourth-order valence-corrected chi connectivity index (χ4v) is 2.36. The van der Waals surface area contributed by atoms with Gasteiger partial charge in [-0.1, -0.05) is 37.3 Å². The number of aliphatic hydroxyl groups is 2. The molecule has 0 heterocycles. The Hall–Kier alpha value is -0.550. The minimum absolute atomic E-state index is 0.0444. The molecule has 0 spiro atoms. The van der Waals surface area contributed by atoms with Crippen LogP contribution in [-0.2, 0) is 0 Å². The number of hydrogen-bond donors (Lipinski definition) is 3. The molecule has 3 atom stereocenters. The number of nitrogens with two attached hydrogens (primary N) is 1. The summed E-state index contributed by atoms with van der Waals surface area (Å²) in [6.07, 6.45) is -0.657. The Morgan fingerprint density at radius 1 is 1.31 bits per heavy atom. The zero-order chi connectivity index (χ0) is 12.0. The molecule has 0 aliphatic heterocycles. The Kier molecular flexibility index (Phi) is 5.84. The van der Waals surface area contributed by atoms with Crippen LogP contribution in [0.25, 0.3) is 0 Å². The van der Waals surface area contributed by atoms with Crippen LogP contribution in [0.3, 0.4) is 0 Å². The van der Waals surface area contributed by atoms with Gasteiger partial charge in [-0.05, 0) is 5.56 Å². The largest absolute Gasteiger partial charge is 0.394 e. The number of hydrogen-bond acceptors (Lipinski definition) is 4. The molecule has 0 fully saturated rings. The SMILES string of the molecule is CC(SCC(O)CO)C(N)c1ccccc1. The maximum absolute atomic E-state index is 9.25. The molecule has 0 bridgehead atoms. The highest BCUT2D eigenvalue weighted by atomic mass is 32.2. The molecular formula is C12H19NO2S. The summed E-state index contributed by atoms with van der Waals surface area (Å²) in [5.41, 5.74) is 7.20. The zero-order valence-corrected chi connectivity index (χ0v) is 10.2. The predicted molar refractivity (Wildman–Crippen MR) is 68.4 cm³/mol. The van der Waals surface area contributed by atoms with Crippen molar-refractivity contribution >= 4 is 11.8 Å². The minimum atomic E-state index is -0.657. The second-order valence-electron chi connectivity index (χ2n) is 3.81. The van der Waals surface area contributed by atoms with Gasteiger partial charge in [0, 0.05) is 17.0 Å². The second kappa shape index (κ2) is 6.91. The molecule has 0 aliphatic carbocycles. The Balaban J connectivity index is 2.45. The highest BCUT2D eigenvalue weighted by molar-refractivity contribution is 7.99. The third-order valence-corrected chi connectivity index (χ3v) is 3.85. The van der Waals surface area contributed by atoms with Crippen molar-refractivity contribution in [2.24, 2.45) is 5.73 Å². The molecule has 1 aromatic rings. The van der Waals surface area contributed by atoms with Crippen molar-refractivity contribution in [1.82, 2.24) is 0 Å². The third kappa shape index (κ3) is 4.14. The van der Waals surface area contributed by atoms with Crippen LogP contribution in [0.15, 0.2) is 30.3 Å². The molecule has 1 aromatic carbocycles. The summed E-state index contributed by atoms with van der Waals surface area (Å²) >= 11 is 1.58. The summed E-state index contributed by atoms with van der Waals surface area (Å²) in [4.78, 5) is 0. The summed E-state index contributed by atoms with van der Waals surface area (Å²) in [6, 6.07) is 9.86. The van der Waals surface area contributed by atoms with Crippen LogP contribution < -0.4 is 5.73 Å². The fraction of sp³-hybridized carbons (Fsp3) is 0.500. The van der Waals surface area contributed by atoms with Gasteiger partial charge < -0.3 is 15.9 Å². The number of thioether (sulfide) groups is 1. The van der Waals surface area contributed by atoms with E-state index in [1.165, 1.54) is 0 Å². The van der Waals surface area contributed by atoms with Gasteiger partial charge in [0.1, 0.15) is 0 Å². The molecule has 3 unspecified atom stereocenters. The van der Waals surface area contributed by atoms with E-state index in [1.54, 1.807) is 11.8 Å². The van der Waals surface area contributed by atoms with E-state index >= 15 is 0 Å². The second-order valence-corrected chi connectivity index (χ2v) is 5.22. The van der Waals surface area contributed by atoms with Crippen molar-refractivity contribution in [3.63, 3.8) is 0 Å². The Labute approximate surface area is 101 Å². The molecule has 90 valence electrons. The standard InChI is InChI=1S/C12H19NO2S/c1-9(16-8-11(15)7-14)12(13)10-5-3-2-4-6-10/h2-6,9,11-12,14-15H,7-8,13H2,1H3. The lowest BCUT2D eigenvalue weighted by molar-refractivity contribution is 0.113. The minimum Gasteiger partial charge on any atom is -0.394 e. The van der Waals surface area contributed by atoms with Crippen molar-refractivity contribution in [2.75, 3.05) is 12.4 Å². The van der Waals surface area contributed by atoms with Gasteiger partial charge in [0.25, 0.3) is 0 Å². The lowest BCUT2D eigenvalue weighted by atomic mass is 10.1. The van der Waals surface area contributed by atoms with Crippen molar-refractivity contribution in [2.45, 2.75) is 24.3 Å². The smallest absolute Gasteiger partial charge is 0.0861 e. The van der Waals surface area contributed by atoms with Crippen LogP contribution in [-0.4, -0.2) is 33.9 Å². The number of aliphatic hydroxyl groups excluding tert-OH is 2. The fourth-order valence-electron chi connectivity index (χ4n) is 1.37. The summed E-state index contributed by atoms with van der Waals surface area (Å²) in [7, 11) is 0. The van der Waals surface area contributed by atoms with Gasteiger partial charge in [0.2, 0.25) is 0 Å². The van der Waals surface area contributed by atoms with E-state index in [1.807, 2.05) is 37.3 Å². The van der Waals surface area contributed by atoms with Crippen molar-refractivity contribution < 1.29 is 10.2 Å². The molecule has 3 nitrogen and oxygen atoms in total. The maximum atomic E-state index is 9.25. The summed E-state index contributed by atoms with van der Waals surface area (Å²) < 4.78 is 0. The zero-order valence-electron chi connectivity index (χ0n) is 9.41. The molecular weight excluding hydrogens is 222 g/mol. The van der Waals surface area contributed by atoms with Crippen LogP contribution in [0.4, 0.5) is 0 Å². The van der Waals surface area contributed by atoms with E-state index in [2.05, 4.69) is 0 Å². The molecule has 0 amide bonds. The van der Waals surface area contributed by atoms with Gasteiger partial charge in [-0.3, -0.25) is 0 Å². The van der Waals surface area contributed by atoms with Gasteiger partial charge in [-0.15, -0.1) is 0 Å². The van der Waals surface area contributed by atoms with Crippen molar-refractivity contribution in [3.8, 4) is 0 Å². The van der Waals surface area contributed by atoms with Gasteiger partial charge >= 0.3 is 0 Å². The summed E-state index contributed by atoms with van der Waals surface area (Å²) in [6.45, 7) is 1.84. The molecule has 0 radical (unpaired) electrons. The molecule has 16 heavy (non-hydrogen) atoms. The van der Waals surface area contributed by atoms with Gasteiger partial charge in [0.05, 0.1) is 12.7 Å². The molecule has 0 aromatic heterocycles. The quantitative estimate of drug-likeness (QED) is 0.699. The van der Waals surface area contributed by atoms with E-state index in [-0.39, 0.29) is 17.9 Å². The first-order chi connectivity index (χ1) is 7.65. The average Bonchev–Trinajstić information content (AvgIpc) is 2.35. The molecule has 0 aliphatic rings. The highest BCUT2D eigenvalue weighted by Gasteiger charge is 2.16. The van der Waals surface area contributed by atoms with E-state index < -0.39 is 6.10 Å². The van der Waals surface area contributed by atoms with Gasteiger partial charge in [0.15, 0.2) is 0 Å². The van der Waals surface area contributed by atoms with Crippen LogP contribution in [0.2, 0.25) is 0 Å². The Morgan fingerprint density at radius 2 is 1.94 bits per heavy atom. The summed E-state index contributed by atoms with van der Waals surface area (Å²) in [5.74, 6) is 0.512. The molecule has 1 rings (SSSR count). The van der Waals surface area contributed by atoms with Crippen LogP contribution in [0.5, 0.6) is 0 Å². The lowest BCUT2D eigenvalue weighted by Crippen LogP contribution is -2.24. The highest BCUT2D eigenvalue weighted by Crippen LogP contribution is 2.24. The third-order valence-electron chi connectivity index (χ3n) is 2.45. The van der Waals surface area contributed by atoms with E-state index in [0.717, 1.165) is 5.56 Å². The molecule has 4 N–H and O–H groups in total. The van der Waals surface area contributed by atoms with E-state index in [0.29, 0.717) is 5.75 Å². The topological polar surface area (TPSA) is 66.5 Å². The van der Waals surface area contributed by atoms with Gasteiger partial charge in [-0.2, -0.15) is 11.8 Å². The van der Waals surface area contributed by atoms with Crippen LogP contribution >= 0.6 is 11.8 Å². The predicted octanol–water partition coefficient (Wildman–Crippen LogP) is 1.16. The van der Waals surface area contributed by atoms with Crippen LogP contribution in [0.1, 0.15) is 18.5 Å². The van der Waals surface area contributed by atoms with Crippen molar-refractivity contribution in [3.05, 3.63) is 35.9 Å². The van der Waals surface area contributed by atoms with Crippen molar-refractivity contribution in [1.29, 1.82) is 0 Å². The number of rotatable bonds is 6. The molecule has 0 saturated heterocycles. The summed E-state index contributed by atoms with van der Waals surface area (Å²) in [5, 5.41) is 18.2. The first kappa shape index (κ1) is 13.5. The van der Waals surface area contributed by atoms with E-state index in [4.69, 9.17) is 10.8 Å².